The second kappa shape index (κ2) is 4.74. The van der Waals surface area contributed by atoms with Crippen molar-refractivity contribution in [1.82, 2.24) is 10.2 Å². The third-order valence-corrected chi connectivity index (χ3v) is 4.02. The first-order valence-electron chi connectivity index (χ1n) is 6.87. The van der Waals surface area contributed by atoms with Gasteiger partial charge in [0, 0.05) is 18.5 Å². The molecule has 0 aromatic heterocycles. The van der Waals surface area contributed by atoms with E-state index in [-0.39, 0.29) is 24.1 Å². The van der Waals surface area contributed by atoms with Gasteiger partial charge in [-0.3, -0.25) is 19.7 Å². The summed E-state index contributed by atoms with van der Waals surface area (Å²) in [4.78, 5) is 37.3. The van der Waals surface area contributed by atoms with E-state index < -0.39 is 6.04 Å². The Morgan fingerprint density at radius 3 is 2.80 bits per heavy atom. The van der Waals surface area contributed by atoms with Gasteiger partial charge in [0.25, 0.3) is 5.91 Å². The topological polar surface area (TPSA) is 66.5 Å². The van der Waals surface area contributed by atoms with E-state index in [0.717, 1.165) is 23.1 Å². The number of amides is 3. The molecule has 0 saturated carbocycles. The summed E-state index contributed by atoms with van der Waals surface area (Å²) in [6.07, 6.45) is 1.49. The van der Waals surface area contributed by atoms with Crippen LogP contribution in [0.2, 0.25) is 0 Å². The average Bonchev–Trinajstić information content (AvgIpc) is 2.76. The summed E-state index contributed by atoms with van der Waals surface area (Å²) >= 11 is 0. The summed E-state index contributed by atoms with van der Waals surface area (Å²) < 4.78 is 0. The zero-order chi connectivity index (χ0) is 14.3. The molecule has 1 unspecified atom stereocenters. The summed E-state index contributed by atoms with van der Waals surface area (Å²) in [6.45, 7) is 2.46. The highest BCUT2D eigenvalue weighted by molar-refractivity contribution is 6.05. The summed E-state index contributed by atoms with van der Waals surface area (Å²) in [7, 11) is 0. The molecule has 2 aliphatic heterocycles. The number of hydrogen-bond acceptors (Lipinski definition) is 3. The lowest BCUT2D eigenvalue weighted by Gasteiger charge is -2.29. The predicted octanol–water partition coefficient (Wildman–Crippen LogP) is 1.01. The summed E-state index contributed by atoms with van der Waals surface area (Å²) in [5, 5.41) is 2.31. The standard InChI is InChI=1S/C15H16N2O3/c1-2-9-4-3-5-10-8-17(15(20)13(9)10)11-6-7-12(18)16-14(11)19/h3-5,11H,2,6-8H2,1H3,(H,16,18,19). The lowest BCUT2D eigenvalue weighted by molar-refractivity contribution is -0.136. The molecule has 0 aliphatic carbocycles. The molecule has 1 aromatic carbocycles. The van der Waals surface area contributed by atoms with Crippen molar-refractivity contribution in [3.63, 3.8) is 0 Å². The molecular formula is C15H16N2O3. The SMILES string of the molecule is CCc1cccc2c1C(=O)N(C1CCC(=O)NC1=O)C2. The molecule has 0 radical (unpaired) electrons. The number of rotatable bonds is 2. The summed E-state index contributed by atoms with van der Waals surface area (Å²) in [6, 6.07) is 5.29. The Kier molecular flexibility index (Phi) is 3.04. The molecular weight excluding hydrogens is 256 g/mol. The van der Waals surface area contributed by atoms with Gasteiger partial charge in [-0.15, -0.1) is 0 Å². The highest BCUT2D eigenvalue weighted by Crippen LogP contribution is 2.29. The van der Waals surface area contributed by atoms with Gasteiger partial charge in [-0.1, -0.05) is 25.1 Å². The van der Waals surface area contributed by atoms with Crippen molar-refractivity contribution in [2.24, 2.45) is 0 Å². The quantitative estimate of drug-likeness (QED) is 0.817. The molecule has 1 aromatic rings. The highest BCUT2D eigenvalue weighted by Gasteiger charge is 2.39. The average molecular weight is 272 g/mol. The molecule has 2 aliphatic rings. The molecule has 2 heterocycles. The van der Waals surface area contributed by atoms with Gasteiger partial charge >= 0.3 is 0 Å². The molecule has 3 amide bonds. The van der Waals surface area contributed by atoms with Crippen LogP contribution in [0.3, 0.4) is 0 Å². The van der Waals surface area contributed by atoms with Gasteiger partial charge in [0.1, 0.15) is 6.04 Å². The number of piperidine rings is 1. The maximum absolute atomic E-state index is 12.6. The number of nitrogens with one attached hydrogen (secondary N) is 1. The molecule has 5 heteroatoms. The number of hydrogen-bond donors (Lipinski definition) is 1. The second-order valence-electron chi connectivity index (χ2n) is 5.20. The minimum Gasteiger partial charge on any atom is -0.322 e. The number of benzene rings is 1. The van der Waals surface area contributed by atoms with Gasteiger partial charge in [0.05, 0.1) is 0 Å². The monoisotopic (exact) mass is 272 g/mol. The van der Waals surface area contributed by atoms with Crippen LogP contribution in [0.4, 0.5) is 0 Å². The largest absolute Gasteiger partial charge is 0.322 e. The Hall–Kier alpha value is -2.17. The minimum atomic E-state index is -0.530. The Morgan fingerprint density at radius 2 is 2.10 bits per heavy atom. The van der Waals surface area contributed by atoms with Gasteiger partial charge in [0.2, 0.25) is 11.8 Å². The van der Waals surface area contributed by atoms with Crippen molar-refractivity contribution < 1.29 is 14.4 Å². The van der Waals surface area contributed by atoms with E-state index in [4.69, 9.17) is 0 Å². The minimum absolute atomic E-state index is 0.0908. The lowest BCUT2D eigenvalue weighted by atomic mass is 10.0. The summed E-state index contributed by atoms with van der Waals surface area (Å²) in [5.74, 6) is -0.711. The van der Waals surface area contributed by atoms with Crippen molar-refractivity contribution in [1.29, 1.82) is 0 Å². The van der Waals surface area contributed by atoms with Crippen LogP contribution in [0.1, 0.15) is 41.3 Å². The van der Waals surface area contributed by atoms with E-state index in [1.807, 2.05) is 25.1 Å². The van der Waals surface area contributed by atoms with Gasteiger partial charge in [-0.25, -0.2) is 0 Å². The fraction of sp³-hybridized carbons (Fsp3) is 0.400. The fourth-order valence-electron chi connectivity index (χ4n) is 2.98. The third-order valence-electron chi connectivity index (χ3n) is 4.02. The molecule has 0 bridgehead atoms. The third kappa shape index (κ3) is 1.90. The van der Waals surface area contributed by atoms with Crippen LogP contribution in [0.5, 0.6) is 0 Å². The molecule has 1 atom stereocenters. The first-order chi connectivity index (χ1) is 9.61. The zero-order valence-electron chi connectivity index (χ0n) is 11.3. The first kappa shape index (κ1) is 12.8. The van der Waals surface area contributed by atoms with E-state index in [2.05, 4.69) is 5.32 Å². The van der Waals surface area contributed by atoms with Crippen molar-refractivity contribution >= 4 is 17.7 Å². The molecule has 5 nitrogen and oxygen atoms in total. The van der Waals surface area contributed by atoms with Gasteiger partial charge in [-0.05, 0) is 24.0 Å². The number of aryl methyl sites for hydroxylation is 1. The lowest BCUT2D eigenvalue weighted by Crippen LogP contribution is -2.52. The van der Waals surface area contributed by atoms with Crippen LogP contribution in [0.15, 0.2) is 18.2 Å². The Balaban J connectivity index is 1.90. The first-order valence-corrected chi connectivity index (χ1v) is 6.87. The molecule has 104 valence electrons. The van der Waals surface area contributed by atoms with Crippen LogP contribution in [-0.4, -0.2) is 28.7 Å². The number of imide groups is 1. The van der Waals surface area contributed by atoms with E-state index in [1.165, 1.54) is 0 Å². The fourth-order valence-corrected chi connectivity index (χ4v) is 2.98. The second-order valence-corrected chi connectivity index (χ2v) is 5.20. The smallest absolute Gasteiger partial charge is 0.255 e. The van der Waals surface area contributed by atoms with Crippen LogP contribution >= 0.6 is 0 Å². The van der Waals surface area contributed by atoms with E-state index in [1.54, 1.807) is 4.90 Å². The van der Waals surface area contributed by atoms with E-state index in [0.29, 0.717) is 13.0 Å². The Bertz CT molecular complexity index is 609. The zero-order valence-corrected chi connectivity index (χ0v) is 11.3. The van der Waals surface area contributed by atoms with Crippen molar-refractivity contribution in [2.45, 2.75) is 38.8 Å². The number of carbonyl (C=O) groups excluding carboxylic acids is 3. The highest BCUT2D eigenvalue weighted by atomic mass is 16.2. The van der Waals surface area contributed by atoms with E-state index in [9.17, 15) is 14.4 Å². The summed E-state index contributed by atoms with van der Waals surface area (Å²) in [5.41, 5.74) is 2.72. The van der Waals surface area contributed by atoms with Crippen LogP contribution in [0, 0.1) is 0 Å². The van der Waals surface area contributed by atoms with Gasteiger partial charge < -0.3 is 4.90 Å². The molecule has 0 spiro atoms. The Morgan fingerprint density at radius 1 is 1.30 bits per heavy atom. The van der Waals surface area contributed by atoms with Crippen molar-refractivity contribution in [3.05, 3.63) is 34.9 Å². The van der Waals surface area contributed by atoms with Gasteiger partial charge in [0.15, 0.2) is 0 Å². The van der Waals surface area contributed by atoms with Crippen molar-refractivity contribution in [2.75, 3.05) is 0 Å². The number of nitrogens with zero attached hydrogens (tertiary/aromatic N) is 1. The van der Waals surface area contributed by atoms with Crippen LogP contribution in [0.25, 0.3) is 0 Å². The number of carbonyl (C=O) groups is 3. The van der Waals surface area contributed by atoms with Gasteiger partial charge in [-0.2, -0.15) is 0 Å². The van der Waals surface area contributed by atoms with Crippen LogP contribution < -0.4 is 5.32 Å². The molecule has 3 rings (SSSR count). The molecule has 1 saturated heterocycles. The predicted molar refractivity (Wildman–Crippen MR) is 71.9 cm³/mol. The maximum atomic E-state index is 12.6. The van der Waals surface area contributed by atoms with Crippen molar-refractivity contribution in [3.8, 4) is 0 Å². The molecule has 20 heavy (non-hydrogen) atoms. The number of fused-ring (bicyclic) bond motifs is 1. The molecule has 1 fully saturated rings. The normalized spacial score (nSPS) is 21.9. The maximum Gasteiger partial charge on any atom is 0.255 e. The molecule has 1 N–H and O–H groups in total. The van der Waals surface area contributed by atoms with Crippen LogP contribution in [-0.2, 0) is 22.6 Å². The van der Waals surface area contributed by atoms with E-state index >= 15 is 0 Å². The Labute approximate surface area is 116 Å².